The number of benzene rings is 1. The normalized spacial score (nSPS) is 18.2. The third-order valence-corrected chi connectivity index (χ3v) is 12.3. The van der Waals surface area contributed by atoms with Gasteiger partial charge in [-0.15, -0.1) is 5.10 Å². The molecule has 7 rings (SSSR count). The number of morpholine rings is 1. The van der Waals surface area contributed by atoms with Gasteiger partial charge in [0.2, 0.25) is 0 Å². The lowest BCUT2D eigenvalue weighted by atomic mass is 10.0. The SMILES string of the molecule is C[Si](C)(C)CCOCn1ccc2c(-c3cc(OCCCN4CCOCC4)cn4nc5c(cnn5C5CCCCO5)c34)ccc(S(C)(=O)=O)c21. The van der Waals surface area contributed by atoms with Crippen molar-refractivity contribution in [3.05, 3.63) is 42.9 Å². The van der Waals surface area contributed by atoms with Crippen LogP contribution >= 0.6 is 0 Å². The van der Waals surface area contributed by atoms with Crippen LogP contribution in [-0.2, 0) is 30.8 Å². The number of hydrogen-bond donors (Lipinski definition) is 0. The molecule has 1 aromatic carbocycles. The minimum absolute atomic E-state index is 0.161. The molecule has 5 aromatic rings. The van der Waals surface area contributed by atoms with Gasteiger partial charge in [0.05, 0.1) is 53.5 Å². The van der Waals surface area contributed by atoms with Crippen LogP contribution in [-0.4, -0.2) is 104 Å². The number of fused-ring (bicyclic) bond motifs is 4. The van der Waals surface area contributed by atoms with Gasteiger partial charge in [-0.2, -0.15) is 5.10 Å². The summed E-state index contributed by atoms with van der Waals surface area (Å²) >= 11 is 0. The number of sulfone groups is 1. The highest BCUT2D eigenvalue weighted by molar-refractivity contribution is 7.91. The summed E-state index contributed by atoms with van der Waals surface area (Å²) in [6.07, 6.45) is 10.7. The summed E-state index contributed by atoms with van der Waals surface area (Å²) in [5, 5.41) is 11.5. The van der Waals surface area contributed by atoms with E-state index in [4.69, 9.17) is 29.1 Å². The molecule has 2 fully saturated rings. The monoisotopic (exact) mass is 708 g/mol. The minimum Gasteiger partial charge on any atom is -0.492 e. The summed E-state index contributed by atoms with van der Waals surface area (Å²) in [7, 11) is -4.81. The molecule has 0 spiro atoms. The average Bonchev–Trinajstić information content (AvgIpc) is 3.78. The Morgan fingerprint density at radius 1 is 1.00 bits per heavy atom. The Morgan fingerprint density at radius 2 is 1.84 bits per heavy atom. The minimum atomic E-state index is -3.53. The number of hydrogen-bond acceptors (Lipinski definition) is 9. The molecule has 2 aliphatic heterocycles. The van der Waals surface area contributed by atoms with E-state index in [0.29, 0.717) is 31.1 Å². The topological polar surface area (TPSA) is 114 Å². The zero-order valence-corrected chi connectivity index (χ0v) is 30.9. The molecule has 0 N–H and O–H groups in total. The lowest BCUT2D eigenvalue weighted by Gasteiger charge is -2.26. The largest absolute Gasteiger partial charge is 0.492 e. The highest BCUT2D eigenvalue weighted by atomic mass is 32.2. The van der Waals surface area contributed by atoms with Crippen LogP contribution in [0, 0.1) is 0 Å². The zero-order chi connectivity index (χ0) is 34.2. The van der Waals surface area contributed by atoms with Crippen molar-refractivity contribution in [1.82, 2.24) is 28.9 Å². The second kappa shape index (κ2) is 14.2. The fourth-order valence-electron chi connectivity index (χ4n) is 6.82. The van der Waals surface area contributed by atoms with E-state index < -0.39 is 17.9 Å². The summed E-state index contributed by atoms with van der Waals surface area (Å²) in [5.74, 6) is 0.692. The van der Waals surface area contributed by atoms with E-state index in [2.05, 4.69) is 30.6 Å². The zero-order valence-electron chi connectivity index (χ0n) is 29.1. The number of ether oxygens (including phenoxy) is 4. The van der Waals surface area contributed by atoms with Gasteiger partial charge in [0, 0.05) is 64.3 Å². The predicted molar refractivity (Wildman–Crippen MR) is 193 cm³/mol. The Balaban J connectivity index is 1.30. The van der Waals surface area contributed by atoms with Crippen molar-refractivity contribution in [3.8, 4) is 16.9 Å². The van der Waals surface area contributed by atoms with Crippen LogP contribution in [0.2, 0.25) is 25.7 Å². The van der Waals surface area contributed by atoms with Gasteiger partial charge < -0.3 is 23.5 Å². The number of nitrogens with zero attached hydrogens (tertiary/aromatic N) is 6. The highest BCUT2D eigenvalue weighted by Crippen LogP contribution is 2.40. The summed E-state index contributed by atoms with van der Waals surface area (Å²) < 4.78 is 56.0. The third-order valence-electron chi connectivity index (χ3n) is 9.47. The first-order chi connectivity index (χ1) is 23.6. The van der Waals surface area contributed by atoms with Gasteiger partial charge in [0.25, 0.3) is 0 Å². The van der Waals surface area contributed by atoms with Gasteiger partial charge in [0.15, 0.2) is 21.7 Å². The van der Waals surface area contributed by atoms with E-state index in [-0.39, 0.29) is 17.9 Å². The maximum atomic E-state index is 13.1. The molecule has 0 aliphatic carbocycles. The first kappa shape index (κ1) is 34.2. The lowest BCUT2D eigenvalue weighted by molar-refractivity contribution is -0.0370. The van der Waals surface area contributed by atoms with Gasteiger partial charge in [-0.3, -0.25) is 4.90 Å². The molecule has 12 nitrogen and oxygen atoms in total. The molecule has 0 radical (unpaired) electrons. The second-order valence-corrected chi connectivity index (χ2v) is 22.1. The van der Waals surface area contributed by atoms with E-state index >= 15 is 0 Å². The molecule has 6 heterocycles. The van der Waals surface area contributed by atoms with E-state index in [0.717, 1.165) is 97.6 Å². The molecule has 2 saturated heterocycles. The van der Waals surface area contributed by atoms with E-state index in [1.807, 2.05) is 44.5 Å². The molecule has 0 saturated carbocycles. The van der Waals surface area contributed by atoms with Crippen LogP contribution in [0.4, 0.5) is 0 Å². The average molecular weight is 709 g/mol. The standard InChI is InChI=1S/C35H48N6O6SSi/c1-48(42,43)31-10-9-27(28-11-13-39(34(28)31)25-45-20-21-49(2,3)4)29-22-26(46-17-7-12-38-14-18-44-19-15-38)24-40-33(29)30-23-36-41(35(30)37-40)32-8-5-6-16-47-32/h9-11,13,22-24,32H,5-8,12,14-21,25H2,1-4H3. The van der Waals surface area contributed by atoms with Gasteiger partial charge in [-0.1, -0.05) is 25.7 Å². The summed E-state index contributed by atoms with van der Waals surface area (Å²) in [6, 6.07) is 8.69. The molecule has 1 unspecified atom stereocenters. The summed E-state index contributed by atoms with van der Waals surface area (Å²) in [5.41, 5.74) is 4.03. The molecule has 264 valence electrons. The third kappa shape index (κ3) is 7.44. The summed E-state index contributed by atoms with van der Waals surface area (Å²) in [6.45, 7) is 13.5. The quantitative estimate of drug-likeness (QED) is 0.110. The Morgan fingerprint density at radius 3 is 2.59 bits per heavy atom. The van der Waals surface area contributed by atoms with Crippen LogP contribution in [0.15, 0.2) is 47.8 Å². The Hall–Kier alpha value is -3.27. The van der Waals surface area contributed by atoms with E-state index in [9.17, 15) is 8.42 Å². The summed E-state index contributed by atoms with van der Waals surface area (Å²) in [4.78, 5) is 2.68. The van der Waals surface area contributed by atoms with Crippen LogP contribution in [0.1, 0.15) is 31.9 Å². The van der Waals surface area contributed by atoms with Gasteiger partial charge >= 0.3 is 0 Å². The fourth-order valence-corrected chi connectivity index (χ4v) is 8.47. The molecular weight excluding hydrogens is 661 g/mol. The predicted octanol–water partition coefficient (Wildman–Crippen LogP) is 5.82. The van der Waals surface area contributed by atoms with Crippen molar-refractivity contribution in [2.24, 2.45) is 0 Å². The van der Waals surface area contributed by atoms with Crippen molar-refractivity contribution in [2.45, 2.75) is 69.2 Å². The van der Waals surface area contributed by atoms with Crippen LogP contribution in [0.5, 0.6) is 5.75 Å². The molecular formula is C35H48N6O6SSi. The first-order valence-electron chi connectivity index (χ1n) is 17.4. The molecule has 14 heteroatoms. The first-order valence-corrected chi connectivity index (χ1v) is 23.0. The van der Waals surface area contributed by atoms with E-state index in [1.165, 1.54) is 6.26 Å². The smallest absolute Gasteiger partial charge is 0.183 e. The van der Waals surface area contributed by atoms with E-state index in [1.54, 1.807) is 6.07 Å². The van der Waals surface area contributed by atoms with Crippen molar-refractivity contribution < 1.29 is 27.4 Å². The highest BCUT2D eigenvalue weighted by Gasteiger charge is 2.25. The Bertz CT molecular complexity index is 2040. The molecule has 1 atom stereocenters. The van der Waals surface area contributed by atoms with Crippen molar-refractivity contribution in [3.63, 3.8) is 0 Å². The molecule has 0 amide bonds. The van der Waals surface area contributed by atoms with Gasteiger partial charge in [-0.25, -0.2) is 17.6 Å². The maximum Gasteiger partial charge on any atom is 0.183 e. The molecule has 4 aromatic heterocycles. The van der Waals surface area contributed by atoms with Crippen molar-refractivity contribution >= 4 is 45.4 Å². The van der Waals surface area contributed by atoms with Crippen molar-refractivity contribution in [2.75, 3.05) is 58.9 Å². The molecule has 49 heavy (non-hydrogen) atoms. The second-order valence-electron chi connectivity index (χ2n) is 14.5. The number of rotatable bonds is 13. The maximum absolute atomic E-state index is 13.1. The Kier molecular flexibility index (Phi) is 9.88. The van der Waals surface area contributed by atoms with Crippen LogP contribution < -0.4 is 4.74 Å². The van der Waals surface area contributed by atoms with Crippen molar-refractivity contribution in [1.29, 1.82) is 0 Å². The Labute approximate surface area is 288 Å². The van der Waals surface area contributed by atoms with Crippen LogP contribution in [0.3, 0.4) is 0 Å². The van der Waals surface area contributed by atoms with Gasteiger partial charge in [0.1, 0.15) is 12.5 Å². The lowest BCUT2D eigenvalue weighted by Crippen LogP contribution is -2.37. The van der Waals surface area contributed by atoms with Gasteiger partial charge in [-0.05, 0) is 55.5 Å². The fraction of sp³-hybridized carbons (Fsp3) is 0.543. The van der Waals surface area contributed by atoms with Crippen LogP contribution in [0.25, 0.3) is 38.6 Å². The molecule has 0 bridgehead atoms. The molecule has 2 aliphatic rings. The number of pyridine rings is 1. The number of aromatic nitrogens is 5.